The van der Waals surface area contributed by atoms with Crippen molar-refractivity contribution in [3.05, 3.63) is 0 Å². The van der Waals surface area contributed by atoms with E-state index in [0.717, 1.165) is 64.6 Å². The second-order valence-corrected chi connectivity index (χ2v) is 5.22. The molecule has 0 aromatic rings. The summed E-state index contributed by atoms with van der Waals surface area (Å²) in [4.78, 5) is 0. The molecule has 2 N–H and O–H groups in total. The third-order valence-corrected chi connectivity index (χ3v) is 3.31. The van der Waals surface area contributed by atoms with E-state index in [0.29, 0.717) is 13.2 Å². The van der Waals surface area contributed by atoms with Crippen LogP contribution in [0.15, 0.2) is 0 Å². The lowest BCUT2D eigenvalue weighted by Gasteiger charge is -2.11. The van der Waals surface area contributed by atoms with Gasteiger partial charge in [-0.1, -0.05) is 32.1 Å². The van der Waals surface area contributed by atoms with Gasteiger partial charge in [-0.3, -0.25) is 0 Å². The lowest BCUT2D eigenvalue weighted by Crippen LogP contribution is -2.12. The van der Waals surface area contributed by atoms with Gasteiger partial charge in [0.15, 0.2) is 6.29 Å². The zero-order valence-corrected chi connectivity index (χ0v) is 13.2. The van der Waals surface area contributed by atoms with E-state index < -0.39 is 6.29 Å². The summed E-state index contributed by atoms with van der Waals surface area (Å²) in [7, 11) is 0. The van der Waals surface area contributed by atoms with E-state index in [1.165, 1.54) is 12.8 Å². The van der Waals surface area contributed by atoms with E-state index in [2.05, 4.69) is 0 Å². The third-order valence-electron chi connectivity index (χ3n) is 3.31. The molecule has 1 atom stereocenters. The highest BCUT2D eigenvalue weighted by Gasteiger charge is 2.03. The second kappa shape index (κ2) is 16.9. The quantitative estimate of drug-likeness (QED) is 0.338. The predicted molar refractivity (Wildman–Crippen MR) is 81.7 cm³/mol. The Balaban J connectivity index is 3.10. The van der Waals surface area contributed by atoms with Gasteiger partial charge >= 0.3 is 0 Å². The molecular weight excluding hydrogens is 256 g/mol. The van der Waals surface area contributed by atoms with Crippen molar-refractivity contribution in [3.63, 3.8) is 0 Å². The molecule has 0 spiro atoms. The molecular formula is C16H34O4. The molecule has 4 heteroatoms. The Hall–Kier alpha value is -0.160. The van der Waals surface area contributed by atoms with Crippen molar-refractivity contribution in [2.45, 2.75) is 77.4 Å². The SMILES string of the molecule is CCOCCCCCC(O)OCCCCCCCCO. The Kier molecular flexibility index (Phi) is 16.8. The fourth-order valence-corrected chi connectivity index (χ4v) is 2.07. The van der Waals surface area contributed by atoms with E-state index in [4.69, 9.17) is 14.6 Å². The van der Waals surface area contributed by atoms with Crippen molar-refractivity contribution in [1.82, 2.24) is 0 Å². The molecule has 1 unspecified atom stereocenters. The van der Waals surface area contributed by atoms with Crippen molar-refractivity contribution < 1.29 is 19.7 Å². The molecule has 0 aromatic carbocycles. The van der Waals surface area contributed by atoms with Crippen molar-refractivity contribution >= 4 is 0 Å². The van der Waals surface area contributed by atoms with Gasteiger partial charge in [-0.05, 0) is 39.0 Å². The van der Waals surface area contributed by atoms with Crippen LogP contribution in [0.25, 0.3) is 0 Å². The largest absolute Gasteiger partial charge is 0.396 e. The first-order chi connectivity index (χ1) is 9.81. The molecule has 0 rings (SSSR count). The average molecular weight is 290 g/mol. The Labute approximate surface area is 124 Å². The highest BCUT2D eigenvalue weighted by Crippen LogP contribution is 2.08. The van der Waals surface area contributed by atoms with Crippen LogP contribution >= 0.6 is 0 Å². The molecule has 4 nitrogen and oxygen atoms in total. The molecule has 0 aliphatic carbocycles. The van der Waals surface area contributed by atoms with Gasteiger partial charge in [-0.2, -0.15) is 0 Å². The topological polar surface area (TPSA) is 58.9 Å². The van der Waals surface area contributed by atoms with Gasteiger partial charge in [-0.25, -0.2) is 0 Å². The predicted octanol–water partition coefficient (Wildman–Crippen LogP) is 3.25. The van der Waals surface area contributed by atoms with E-state index in [1.54, 1.807) is 0 Å². The smallest absolute Gasteiger partial charge is 0.154 e. The highest BCUT2D eigenvalue weighted by molar-refractivity contribution is 4.48. The highest BCUT2D eigenvalue weighted by atomic mass is 16.6. The number of aliphatic hydroxyl groups excluding tert-OH is 2. The maximum absolute atomic E-state index is 9.64. The molecule has 0 aliphatic heterocycles. The summed E-state index contributed by atoms with van der Waals surface area (Å²) in [6, 6.07) is 0. The zero-order valence-electron chi connectivity index (χ0n) is 13.2. The molecule has 0 heterocycles. The lowest BCUT2D eigenvalue weighted by atomic mass is 10.1. The molecule has 122 valence electrons. The fourth-order valence-electron chi connectivity index (χ4n) is 2.07. The second-order valence-electron chi connectivity index (χ2n) is 5.22. The van der Waals surface area contributed by atoms with Gasteiger partial charge in [0.2, 0.25) is 0 Å². The summed E-state index contributed by atoms with van der Waals surface area (Å²) in [5, 5.41) is 18.3. The normalized spacial score (nSPS) is 12.8. The number of hydrogen-bond acceptors (Lipinski definition) is 4. The van der Waals surface area contributed by atoms with E-state index in [-0.39, 0.29) is 0 Å². The minimum absolute atomic E-state index is 0.305. The van der Waals surface area contributed by atoms with Crippen LogP contribution < -0.4 is 0 Å². The summed E-state index contributed by atoms with van der Waals surface area (Å²) in [6.07, 6.45) is 9.83. The van der Waals surface area contributed by atoms with Crippen LogP contribution in [0.3, 0.4) is 0 Å². The first-order valence-corrected chi connectivity index (χ1v) is 8.29. The first kappa shape index (κ1) is 19.8. The van der Waals surface area contributed by atoms with Gasteiger partial charge in [0.1, 0.15) is 0 Å². The fraction of sp³-hybridized carbons (Fsp3) is 1.00. The standard InChI is InChI=1S/C16H34O4/c1-2-19-14-10-7-8-12-16(18)20-15-11-6-4-3-5-9-13-17/h16-18H,2-15H2,1H3. The Morgan fingerprint density at radius 3 is 2.10 bits per heavy atom. The van der Waals surface area contributed by atoms with E-state index >= 15 is 0 Å². The van der Waals surface area contributed by atoms with E-state index in [1.807, 2.05) is 6.92 Å². The first-order valence-electron chi connectivity index (χ1n) is 8.29. The Morgan fingerprint density at radius 1 is 0.800 bits per heavy atom. The molecule has 0 aliphatic rings. The van der Waals surface area contributed by atoms with Gasteiger partial charge < -0.3 is 19.7 Å². The van der Waals surface area contributed by atoms with Crippen molar-refractivity contribution in [2.75, 3.05) is 26.4 Å². The summed E-state index contributed by atoms with van der Waals surface area (Å²) >= 11 is 0. The minimum Gasteiger partial charge on any atom is -0.396 e. The summed E-state index contributed by atoms with van der Waals surface area (Å²) in [5.74, 6) is 0. The van der Waals surface area contributed by atoms with Crippen molar-refractivity contribution in [3.8, 4) is 0 Å². The molecule has 0 bridgehead atoms. The molecule has 0 radical (unpaired) electrons. The monoisotopic (exact) mass is 290 g/mol. The molecule has 0 aromatic heterocycles. The number of aliphatic hydroxyl groups is 2. The number of unbranched alkanes of at least 4 members (excludes halogenated alkanes) is 7. The lowest BCUT2D eigenvalue weighted by molar-refractivity contribution is -0.105. The Bertz CT molecular complexity index is 176. The maximum Gasteiger partial charge on any atom is 0.154 e. The van der Waals surface area contributed by atoms with Crippen LogP contribution in [0.2, 0.25) is 0 Å². The number of hydrogen-bond donors (Lipinski definition) is 2. The molecule has 0 fully saturated rings. The van der Waals surface area contributed by atoms with E-state index in [9.17, 15) is 5.11 Å². The van der Waals surface area contributed by atoms with Crippen LogP contribution in [0.1, 0.15) is 71.1 Å². The molecule has 0 saturated heterocycles. The molecule has 0 saturated carbocycles. The van der Waals surface area contributed by atoms with Crippen LogP contribution in [0, 0.1) is 0 Å². The maximum atomic E-state index is 9.64. The van der Waals surface area contributed by atoms with Crippen molar-refractivity contribution in [1.29, 1.82) is 0 Å². The summed E-state index contributed by atoms with van der Waals surface area (Å²) < 4.78 is 10.6. The third kappa shape index (κ3) is 15.9. The Morgan fingerprint density at radius 2 is 1.40 bits per heavy atom. The van der Waals surface area contributed by atoms with Crippen LogP contribution in [-0.2, 0) is 9.47 Å². The number of rotatable bonds is 16. The summed E-state index contributed by atoms with van der Waals surface area (Å²) in [6.45, 7) is 4.57. The van der Waals surface area contributed by atoms with Crippen LogP contribution in [0.4, 0.5) is 0 Å². The van der Waals surface area contributed by atoms with Crippen LogP contribution in [-0.4, -0.2) is 42.9 Å². The van der Waals surface area contributed by atoms with Gasteiger partial charge in [0.25, 0.3) is 0 Å². The molecule has 0 amide bonds. The molecule has 20 heavy (non-hydrogen) atoms. The summed E-state index contributed by atoms with van der Waals surface area (Å²) in [5.41, 5.74) is 0. The zero-order chi connectivity index (χ0) is 14.9. The minimum atomic E-state index is -0.600. The van der Waals surface area contributed by atoms with Gasteiger partial charge in [0.05, 0.1) is 0 Å². The van der Waals surface area contributed by atoms with Gasteiger partial charge in [0, 0.05) is 26.4 Å². The van der Waals surface area contributed by atoms with Gasteiger partial charge in [-0.15, -0.1) is 0 Å². The number of ether oxygens (including phenoxy) is 2. The van der Waals surface area contributed by atoms with Crippen LogP contribution in [0.5, 0.6) is 0 Å². The van der Waals surface area contributed by atoms with Crippen molar-refractivity contribution in [2.24, 2.45) is 0 Å². The average Bonchev–Trinajstić information content (AvgIpc) is 2.45.